The first kappa shape index (κ1) is 17.7. The summed E-state index contributed by atoms with van der Waals surface area (Å²) in [5.74, 6) is -0.345. The van der Waals surface area contributed by atoms with Crippen LogP contribution in [0.4, 0.5) is 0 Å². The van der Waals surface area contributed by atoms with Crippen LogP contribution in [0.2, 0.25) is 0 Å². The molecule has 1 aliphatic heterocycles. The minimum atomic E-state index is -0.319. The van der Waals surface area contributed by atoms with Gasteiger partial charge in [-0.3, -0.25) is 9.59 Å². The first-order valence-electron chi connectivity index (χ1n) is 8.80. The van der Waals surface area contributed by atoms with E-state index in [2.05, 4.69) is 5.32 Å². The van der Waals surface area contributed by atoms with Crippen LogP contribution in [0.1, 0.15) is 35.2 Å². The zero-order valence-electron chi connectivity index (χ0n) is 14.5. The number of carbonyl (C=O) groups is 2. The van der Waals surface area contributed by atoms with Crippen LogP contribution < -0.4 is 5.32 Å². The number of carbonyl (C=O) groups excluding carboxylic acids is 2. The fraction of sp³-hybridized carbons (Fsp3) is 0.238. The van der Waals surface area contributed by atoms with Gasteiger partial charge in [-0.25, -0.2) is 0 Å². The minimum absolute atomic E-state index is 0.152. The van der Waals surface area contributed by atoms with Crippen molar-refractivity contribution in [1.29, 1.82) is 0 Å². The van der Waals surface area contributed by atoms with Gasteiger partial charge in [0, 0.05) is 18.7 Å². The highest BCUT2D eigenvalue weighted by Crippen LogP contribution is 2.16. The van der Waals surface area contributed by atoms with Crippen molar-refractivity contribution in [2.24, 2.45) is 0 Å². The summed E-state index contributed by atoms with van der Waals surface area (Å²) in [6, 6.07) is 15.3. The second kappa shape index (κ2) is 8.34. The van der Waals surface area contributed by atoms with E-state index in [4.69, 9.17) is 0 Å². The topological polar surface area (TPSA) is 69.6 Å². The number of phenols is 1. The highest BCUT2D eigenvalue weighted by atomic mass is 16.3. The molecule has 0 unspecified atom stereocenters. The van der Waals surface area contributed by atoms with E-state index in [1.54, 1.807) is 59.5 Å². The van der Waals surface area contributed by atoms with Crippen molar-refractivity contribution in [1.82, 2.24) is 10.2 Å². The van der Waals surface area contributed by atoms with Crippen LogP contribution in [0, 0.1) is 0 Å². The van der Waals surface area contributed by atoms with Crippen molar-refractivity contribution in [2.75, 3.05) is 13.1 Å². The van der Waals surface area contributed by atoms with Crippen LogP contribution >= 0.6 is 0 Å². The first-order chi connectivity index (χ1) is 12.6. The van der Waals surface area contributed by atoms with Crippen molar-refractivity contribution in [3.05, 3.63) is 71.4 Å². The molecule has 0 aromatic heterocycles. The number of likely N-dealkylation sites (tertiary alicyclic amines) is 1. The SMILES string of the molecule is O=C(NC(=Cc1ccc(O)cc1)C(=O)N1CCCCC1)c1ccccc1. The lowest BCUT2D eigenvalue weighted by Gasteiger charge is -2.27. The third kappa shape index (κ3) is 4.51. The number of hydrogen-bond donors (Lipinski definition) is 2. The molecule has 0 aliphatic carbocycles. The number of hydrogen-bond acceptors (Lipinski definition) is 3. The molecular formula is C21H22N2O3. The molecular weight excluding hydrogens is 328 g/mol. The molecule has 5 heteroatoms. The van der Waals surface area contributed by atoms with Crippen molar-refractivity contribution >= 4 is 17.9 Å². The number of aromatic hydroxyl groups is 1. The number of amides is 2. The Kier molecular flexibility index (Phi) is 5.69. The molecule has 2 aromatic rings. The molecule has 0 radical (unpaired) electrons. The van der Waals surface area contributed by atoms with Gasteiger partial charge in [-0.2, -0.15) is 0 Å². The molecule has 2 N–H and O–H groups in total. The average molecular weight is 350 g/mol. The Morgan fingerprint density at radius 3 is 2.23 bits per heavy atom. The second-order valence-corrected chi connectivity index (χ2v) is 6.32. The average Bonchev–Trinajstić information content (AvgIpc) is 2.70. The first-order valence-corrected chi connectivity index (χ1v) is 8.80. The number of piperidine rings is 1. The third-order valence-corrected chi connectivity index (χ3v) is 4.36. The highest BCUT2D eigenvalue weighted by Gasteiger charge is 2.22. The van der Waals surface area contributed by atoms with Gasteiger partial charge in [-0.1, -0.05) is 30.3 Å². The summed E-state index contributed by atoms with van der Waals surface area (Å²) in [7, 11) is 0. The maximum absolute atomic E-state index is 12.9. The van der Waals surface area contributed by atoms with Crippen LogP contribution in [0.3, 0.4) is 0 Å². The van der Waals surface area contributed by atoms with E-state index in [-0.39, 0.29) is 23.3 Å². The summed E-state index contributed by atoms with van der Waals surface area (Å²) < 4.78 is 0. The summed E-state index contributed by atoms with van der Waals surface area (Å²) >= 11 is 0. The lowest BCUT2D eigenvalue weighted by Crippen LogP contribution is -2.41. The molecule has 2 aromatic carbocycles. The minimum Gasteiger partial charge on any atom is -0.508 e. The van der Waals surface area contributed by atoms with Gasteiger partial charge < -0.3 is 15.3 Å². The van der Waals surface area contributed by atoms with Gasteiger partial charge in [0.15, 0.2) is 0 Å². The Hall–Kier alpha value is -3.08. The normalized spacial score (nSPS) is 14.8. The van der Waals surface area contributed by atoms with Crippen LogP contribution in [-0.4, -0.2) is 34.9 Å². The van der Waals surface area contributed by atoms with Crippen molar-refractivity contribution in [2.45, 2.75) is 19.3 Å². The lowest BCUT2D eigenvalue weighted by atomic mass is 10.1. The number of benzene rings is 2. The van der Waals surface area contributed by atoms with Crippen molar-refractivity contribution in [3.63, 3.8) is 0 Å². The number of rotatable bonds is 4. The van der Waals surface area contributed by atoms with Gasteiger partial charge in [0.1, 0.15) is 11.4 Å². The van der Waals surface area contributed by atoms with Crippen LogP contribution in [0.5, 0.6) is 5.75 Å². The van der Waals surface area contributed by atoms with Gasteiger partial charge in [-0.05, 0) is 55.2 Å². The zero-order chi connectivity index (χ0) is 18.4. The fourth-order valence-electron chi connectivity index (χ4n) is 2.94. The smallest absolute Gasteiger partial charge is 0.270 e. The summed E-state index contributed by atoms with van der Waals surface area (Å²) in [6.45, 7) is 1.40. The van der Waals surface area contributed by atoms with E-state index < -0.39 is 0 Å². The second-order valence-electron chi connectivity index (χ2n) is 6.32. The maximum atomic E-state index is 12.9. The van der Waals surface area contributed by atoms with Gasteiger partial charge in [0.2, 0.25) is 0 Å². The van der Waals surface area contributed by atoms with Gasteiger partial charge >= 0.3 is 0 Å². The summed E-state index contributed by atoms with van der Waals surface area (Å²) in [5.41, 5.74) is 1.47. The van der Waals surface area contributed by atoms with Gasteiger partial charge in [0.05, 0.1) is 0 Å². The quantitative estimate of drug-likeness (QED) is 0.832. The number of nitrogens with zero attached hydrogens (tertiary/aromatic N) is 1. The van der Waals surface area contributed by atoms with E-state index in [0.717, 1.165) is 24.8 Å². The molecule has 134 valence electrons. The van der Waals surface area contributed by atoms with Crippen molar-refractivity contribution in [3.8, 4) is 5.75 Å². The van der Waals surface area contributed by atoms with E-state index >= 15 is 0 Å². The molecule has 2 amide bonds. The van der Waals surface area contributed by atoms with Gasteiger partial charge in [0.25, 0.3) is 11.8 Å². The van der Waals surface area contributed by atoms with E-state index in [0.29, 0.717) is 18.7 Å². The Morgan fingerprint density at radius 1 is 0.923 bits per heavy atom. The molecule has 26 heavy (non-hydrogen) atoms. The van der Waals surface area contributed by atoms with E-state index in [1.165, 1.54) is 0 Å². The predicted molar refractivity (Wildman–Crippen MR) is 100 cm³/mol. The molecule has 1 fully saturated rings. The fourth-order valence-corrected chi connectivity index (χ4v) is 2.94. The van der Waals surface area contributed by atoms with E-state index in [9.17, 15) is 14.7 Å². The Balaban J connectivity index is 1.86. The molecule has 0 spiro atoms. The zero-order valence-corrected chi connectivity index (χ0v) is 14.5. The summed E-state index contributed by atoms with van der Waals surface area (Å²) in [4.78, 5) is 27.2. The van der Waals surface area contributed by atoms with Crippen LogP contribution in [0.25, 0.3) is 6.08 Å². The molecule has 0 atom stereocenters. The molecule has 3 rings (SSSR count). The van der Waals surface area contributed by atoms with Gasteiger partial charge in [-0.15, -0.1) is 0 Å². The standard InChI is InChI=1S/C21H22N2O3/c24-18-11-9-16(10-12-18)15-19(21(26)23-13-5-2-6-14-23)22-20(25)17-7-3-1-4-8-17/h1,3-4,7-12,15,24H,2,5-6,13-14H2,(H,22,25). The van der Waals surface area contributed by atoms with Crippen LogP contribution in [-0.2, 0) is 4.79 Å². The molecule has 1 heterocycles. The Morgan fingerprint density at radius 2 is 1.58 bits per heavy atom. The van der Waals surface area contributed by atoms with Crippen molar-refractivity contribution < 1.29 is 14.7 Å². The molecule has 0 saturated carbocycles. The summed E-state index contributed by atoms with van der Waals surface area (Å²) in [5, 5.41) is 12.2. The molecule has 5 nitrogen and oxygen atoms in total. The maximum Gasteiger partial charge on any atom is 0.270 e. The monoisotopic (exact) mass is 350 g/mol. The highest BCUT2D eigenvalue weighted by molar-refractivity contribution is 6.05. The Bertz CT molecular complexity index is 792. The van der Waals surface area contributed by atoms with Crippen LogP contribution in [0.15, 0.2) is 60.3 Å². The third-order valence-electron chi connectivity index (χ3n) is 4.36. The Labute approximate surface area is 153 Å². The molecule has 1 aliphatic rings. The number of nitrogens with one attached hydrogen (secondary N) is 1. The van der Waals surface area contributed by atoms with E-state index in [1.807, 2.05) is 6.07 Å². The largest absolute Gasteiger partial charge is 0.508 e. The predicted octanol–water partition coefficient (Wildman–Crippen LogP) is 3.18. The number of phenolic OH excluding ortho intramolecular Hbond substituents is 1. The lowest BCUT2D eigenvalue weighted by molar-refractivity contribution is -0.128. The summed E-state index contributed by atoms with van der Waals surface area (Å²) in [6.07, 6.45) is 4.73. The molecule has 0 bridgehead atoms. The molecule has 1 saturated heterocycles.